The van der Waals surface area contributed by atoms with E-state index in [4.69, 9.17) is 15.0 Å². The van der Waals surface area contributed by atoms with Gasteiger partial charge in [-0.3, -0.25) is 0 Å². The molecule has 0 radical (unpaired) electrons. The number of hydrogen-bond donors (Lipinski definition) is 3. The van der Waals surface area contributed by atoms with Crippen LogP contribution in [0, 0.1) is 0 Å². The molecule has 1 unspecified atom stereocenters. The fourth-order valence-corrected chi connectivity index (χ4v) is 7.27. The first-order chi connectivity index (χ1) is 19.9. The Labute approximate surface area is 242 Å². The number of nitrogens with one attached hydrogen (secondary N) is 1. The van der Waals surface area contributed by atoms with Gasteiger partial charge in [0.25, 0.3) is 0 Å². The summed E-state index contributed by atoms with van der Waals surface area (Å²) in [5.41, 5.74) is 15.6. The number of aromatic nitrogens is 1. The number of nitrogens with zero attached hydrogens (tertiary/aromatic N) is 3. The molecule has 8 bridgehead atoms. The largest absolute Gasteiger partial charge is 0.515 e. The van der Waals surface area contributed by atoms with Gasteiger partial charge in [0.1, 0.15) is 0 Å². The van der Waals surface area contributed by atoms with E-state index in [1.54, 1.807) is 0 Å². The second kappa shape index (κ2) is 10.6. The van der Waals surface area contributed by atoms with Gasteiger partial charge in [-0.2, -0.15) is 0 Å². The minimum atomic E-state index is -0.593. The second-order valence-electron chi connectivity index (χ2n) is 11.1. The third-order valence-electron chi connectivity index (χ3n) is 9.13. The van der Waals surface area contributed by atoms with Crippen molar-refractivity contribution in [2.75, 3.05) is 0 Å². The molecule has 212 valence electrons. The van der Waals surface area contributed by atoms with Crippen molar-refractivity contribution in [2.45, 2.75) is 92.6 Å². The highest BCUT2D eigenvalue weighted by Gasteiger charge is 2.40. The van der Waals surface area contributed by atoms with E-state index in [0.29, 0.717) is 6.42 Å². The quantitative estimate of drug-likeness (QED) is 0.394. The highest BCUT2D eigenvalue weighted by Crippen LogP contribution is 2.45. The van der Waals surface area contributed by atoms with E-state index in [-0.39, 0.29) is 0 Å². The molecule has 6 nitrogen and oxygen atoms in total. The molecule has 1 aliphatic carbocycles. The fraction of sp³-hybridized carbons (Fsp3) is 0.400. The third-order valence-corrected chi connectivity index (χ3v) is 9.13. The van der Waals surface area contributed by atoms with Crippen molar-refractivity contribution in [1.82, 2.24) is 4.98 Å². The maximum absolute atomic E-state index is 11.4. The van der Waals surface area contributed by atoms with Gasteiger partial charge in [-0.05, 0) is 90.2 Å². The van der Waals surface area contributed by atoms with Crippen LogP contribution in [-0.2, 0) is 6.42 Å². The average molecular weight is 549 g/mol. The molecular formula is C35H40N4O2. The van der Waals surface area contributed by atoms with Gasteiger partial charge in [-0.25, -0.2) is 15.0 Å². The lowest BCUT2D eigenvalue weighted by atomic mass is 9.96. The predicted octanol–water partition coefficient (Wildman–Crippen LogP) is 6.21. The average Bonchev–Trinajstić information content (AvgIpc) is 3.75. The maximum atomic E-state index is 11.4. The number of allylic oxidation sites excluding steroid dienone is 6. The Morgan fingerprint density at radius 3 is 2.02 bits per heavy atom. The predicted molar refractivity (Wildman–Crippen MR) is 170 cm³/mol. The molecule has 4 aliphatic heterocycles. The molecule has 1 saturated carbocycles. The minimum Gasteiger partial charge on any atom is -0.515 e. The summed E-state index contributed by atoms with van der Waals surface area (Å²) in [5, 5.41) is 23.4. The Morgan fingerprint density at radius 1 is 0.756 bits per heavy atom. The van der Waals surface area contributed by atoms with Crippen LogP contribution in [0.5, 0.6) is 0 Å². The van der Waals surface area contributed by atoms with E-state index in [2.05, 4.69) is 64.8 Å². The van der Waals surface area contributed by atoms with Crippen molar-refractivity contribution < 1.29 is 10.2 Å². The summed E-state index contributed by atoms with van der Waals surface area (Å²) in [6.45, 7) is 13.0. The molecule has 0 saturated heterocycles. The molecule has 1 aromatic heterocycles. The lowest BCUT2D eigenvalue weighted by Gasteiger charge is -2.09. The monoisotopic (exact) mass is 548 g/mol. The van der Waals surface area contributed by atoms with E-state index in [1.807, 2.05) is 0 Å². The molecule has 6 rings (SSSR count). The molecule has 0 spiro atoms. The Balaban J connectivity index is 1.75. The van der Waals surface area contributed by atoms with Crippen LogP contribution in [0.25, 0.3) is 18.4 Å². The van der Waals surface area contributed by atoms with E-state index in [0.717, 1.165) is 111 Å². The van der Waals surface area contributed by atoms with Crippen LogP contribution >= 0.6 is 0 Å². The standard InChI is InChI=1S/C35H40N4O2/c1-7-18-19(8-2)27-15-30-23(12-6)33-32(41)13-24(35(33)39-30)34-22(11-5)20(9-3)29(38-34)16-31-25(17-40)21(10-4)28(37-31)14-26(18)36-27/h14-17,32,37,40-41H,7-13H2,1-6H3/b25-17-,26-14?,30-15?,31-16?,34-24?. The molecule has 41 heavy (non-hydrogen) atoms. The molecule has 5 heterocycles. The molecule has 3 N–H and O–H groups in total. The smallest absolute Gasteiger partial charge is 0.0888 e. The van der Waals surface area contributed by atoms with E-state index in [9.17, 15) is 10.2 Å². The van der Waals surface area contributed by atoms with Crippen LogP contribution in [0.15, 0.2) is 77.2 Å². The number of hydrogen-bond acceptors (Lipinski definition) is 5. The summed E-state index contributed by atoms with van der Waals surface area (Å²) in [5.74, 6) is 0. The van der Waals surface area contributed by atoms with Crippen LogP contribution in [0.2, 0.25) is 0 Å². The molecule has 1 atom stereocenters. The van der Waals surface area contributed by atoms with Gasteiger partial charge in [0.2, 0.25) is 0 Å². The zero-order chi connectivity index (χ0) is 29.0. The van der Waals surface area contributed by atoms with Gasteiger partial charge in [0.05, 0.1) is 51.9 Å². The summed E-state index contributed by atoms with van der Waals surface area (Å²) in [6.07, 6.45) is 12.5. The lowest BCUT2D eigenvalue weighted by Crippen LogP contribution is -2.26. The number of aliphatic imine (C=N–C) groups is 3. The molecule has 5 aliphatic rings. The zero-order valence-electron chi connectivity index (χ0n) is 25.1. The Bertz CT molecular complexity index is 1780. The van der Waals surface area contributed by atoms with Crippen molar-refractivity contribution in [3.05, 3.63) is 84.0 Å². The summed E-state index contributed by atoms with van der Waals surface area (Å²) in [6, 6.07) is 0. The normalized spacial score (nSPS) is 22.1. The number of aliphatic hydroxyl groups excluding tert-OH is 2. The zero-order valence-corrected chi connectivity index (χ0v) is 25.1. The second-order valence-corrected chi connectivity index (χ2v) is 11.1. The number of aromatic amines is 1. The summed E-state index contributed by atoms with van der Waals surface area (Å²) < 4.78 is 0. The highest BCUT2D eigenvalue weighted by atomic mass is 16.3. The molecule has 0 aromatic carbocycles. The van der Waals surface area contributed by atoms with Crippen molar-refractivity contribution in [3.63, 3.8) is 0 Å². The molecule has 1 fully saturated rings. The lowest BCUT2D eigenvalue weighted by molar-refractivity contribution is 0.224. The fourth-order valence-electron chi connectivity index (χ4n) is 7.27. The number of rotatable bonds is 6. The van der Waals surface area contributed by atoms with Gasteiger partial charge in [0, 0.05) is 28.5 Å². The molecule has 6 heteroatoms. The SMILES string of the molecule is CCC1=C(CC)C2=NC1=Cc1[nH]c(/c(=C\O)c1CC)=CC1=NC(=C3CC(O)C4=C(CC)C(=C2)N=C34)C(CC)=C1CC. The first-order valence-electron chi connectivity index (χ1n) is 15.3. The number of fused-ring (bicyclic) bond motifs is 5. The highest BCUT2D eigenvalue weighted by molar-refractivity contribution is 6.25. The minimum absolute atomic E-state index is 0.522. The number of H-pyrrole nitrogens is 1. The third kappa shape index (κ3) is 4.06. The summed E-state index contributed by atoms with van der Waals surface area (Å²) in [7, 11) is 0. The Morgan fingerprint density at radius 2 is 1.39 bits per heavy atom. The molecular weight excluding hydrogens is 508 g/mol. The first kappa shape index (κ1) is 27.4. The Kier molecular flexibility index (Phi) is 7.06. The van der Waals surface area contributed by atoms with Crippen molar-refractivity contribution in [2.24, 2.45) is 15.0 Å². The van der Waals surface area contributed by atoms with E-state index >= 15 is 0 Å². The van der Waals surface area contributed by atoms with Crippen LogP contribution < -0.4 is 10.6 Å². The van der Waals surface area contributed by atoms with Crippen molar-refractivity contribution >= 4 is 35.5 Å². The van der Waals surface area contributed by atoms with Crippen molar-refractivity contribution in [1.29, 1.82) is 0 Å². The van der Waals surface area contributed by atoms with Crippen LogP contribution in [0.3, 0.4) is 0 Å². The van der Waals surface area contributed by atoms with Gasteiger partial charge >= 0.3 is 0 Å². The van der Waals surface area contributed by atoms with E-state index in [1.165, 1.54) is 28.6 Å². The van der Waals surface area contributed by atoms with E-state index < -0.39 is 6.10 Å². The topological polar surface area (TPSA) is 93.3 Å². The van der Waals surface area contributed by atoms with Crippen LogP contribution in [0.4, 0.5) is 0 Å². The van der Waals surface area contributed by atoms with Crippen LogP contribution in [-0.4, -0.2) is 38.4 Å². The molecule has 1 aromatic rings. The van der Waals surface area contributed by atoms with Crippen LogP contribution in [0.1, 0.15) is 91.3 Å². The maximum Gasteiger partial charge on any atom is 0.0888 e. The molecule has 0 amide bonds. The van der Waals surface area contributed by atoms with Gasteiger partial charge in [-0.1, -0.05) is 41.5 Å². The summed E-state index contributed by atoms with van der Waals surface area (Å²) >= 11 is 0. The van der Waals surface area contributed by atoms with Gasteiger partial charge in [-0.15, -0.1) is 0 Å². The first-order valence-corrected chi connectivity index (χ1v) is 15.3. The Hall–Kier alpha value is -3.77. The number of aliphatic hydroxyl groups is 2. The van der Waals surface area contributed by atoms with Gasteiger partial charge in [0.15, 0.2) is 0 Å². The van der Waals surface area contributed by atoms with Gasteiger partial charge < -0.3 is 15.2 Å². The summed E-state index contributed by atoms with van der Waals surface area (Å²) in [4.78, 5) is 19.2. The van der Waals surface area contributed by atoms with Crippen molar-refractivity contribution in [3.8, 4) is 0 Å².